The van der Waals surface area contributed by atoms with Gasteiger partial charge in [0.15, 0.2) is 5.96 Å². The molecule has 0 aliphatic carbocycles. The lowest BCUT2D eigenvalue weighted by molar-refractivity contribution is -0.131. The number of amides is 2. The average molecular weight is 536 g/mol. The van der Waals surface area contributed by atoms with E-state index < -0.39 is 0 Å². The van der Waals surface area contributed by atoms with Crippen molar-refractivity contribution >= 4 is 53.4 Å². The molecule has 162 valence electrons. The lowest BCUT2D eigenvalue weighted by Crippen LogP contribution is -2.54. The van der Waals surface area contributed by atoms with Gasteiger partial charge >= 0.3 is 0 Å². The SMILES string of the molecule is CCCNC(=O)CCNC(=NC)N1CCN(C(=O)Cc2cccc(Cl)c2)CC1.I. The number of benzene rings is 1. The molecule has 1 aromatic carbocycles. The predicted molar refractivity (Wildman–Crippen MR) is 128 cm³/mol. The van der Waals surface area contributed by atoms with Crippen LogP contribution in [-0.4, -0.2) is 73.9 Å². The van der Waals surface area contributed by atoms with Crippen molar-refractivity contribution in [2.75, 3.05) is 46.3 Å². The van der Waals surface area contributed by atoms with Gasteiger partial charge in [-0.05, 0) is 24.1 Å². The van der Waals surface area contributed by atoms with Crippen LogP contribution >= 0.6 is 35.6 Å². The summed E-state index contributed by atoms with van der Waals surface area (Å²) in [6.07, 6.45) is 1.71. The molecule has 7 nitrogen and oxygen atoms in total. The van der Waals surface area contributed by atoms with E-state index >= 15 is 0 Å². The Labute approximate surface area is 195 Å². The minimum absolute atomic E-state index is 0. The highest BCUT2D eigenvalue weighted by Gasteiger charge is 2.23. The maximum absolute atomic E-state index is 12.5. The van der Waals surface area contributed by atoms with Crippen LogP contribution in [-0.2, 0) is 16.0 Å². The van der Waals surface area contributed by atoms with Crippen molar-refractivity contribution < 1.29 is 9.59 Å². The minimum Gasteiger partial charge on any atom is -0.356 e. The summed E-state index contributed by atoms with van der Waals surface area (Å²) in [5, 5.41) is 6.74. The highest BCUT2D eigenvalue weighted by molar-refractivity contribution is 14.0. The van der Waals surface area contributed by atoms with Gasteiger partial charge in [0, 0.05) is 57.8 Å². The van der Waals surface area contributed by atoms with Crippen LogP contribution in [0, 0.1) is 0 Å². The monoisotopic (exact) mass is 535 g/mol. The molecule has 0 bridgehead atoms. The molecule has 2 amide bonds. The van der Waals surface area contributed by atoms with Crippen molar-refractivity contribution in [3.05, 3.63) is 34.9 Å². The summed E-state index contributed by atoms with van der Waals surface area (Å²) in [6, 6.07) is 7.42. The Morgan fingerprint density at radius 3 is 2.41 bits per heavy atom. The van der Waals surface area contributed by atoms with Crippen molar-refractivity contribution in [2.24, 2.45) is 4.99 Å². The number of hydrogen-bond acceptors (Lipinski definition) is 3. The number of carbonyl (C=O) groups is 2. The summed E-state index contributed by atoms with van der Waals surface area (Å²) in [6.45, 7) is 5.99. The Morgan fingerprint density at radius 1 is 1.10 bits per heavy atom. The second kappa shape index (κ2) is 13.6. The Morgan fingerprint density at radius 2 is 1.79 bits per heavy atom. The molecule has 1 aromatic rings. The first kappa shape index (κ1) is 25.5. The van der Waals surface area contributed by atoms with Gasteiger partial charge in [-0.15, -0.1) is 24.0 Å². The van der Waals surface area contributed by atoms with Crippen LogP contribution < -0.4 is 10.6 Å². The van der Waals surface area contributed by atoms with Gasteiger partial charge in [0.05, 0.1) is 6.42 Å². The summed E-state index contributed by atoms with van der Waals surface area (Å²) >= 11 is 5.99. The van der Waals surface area contributed by atoms with Gasteiger partial charge in [0.2, 0.25) is 11.8 Å². The molecule has 2 N–H and O–H groups in total. The highest BCUT2D eigenvalue weighted by Crippen LogP contribution is 2.13. The lowest BCUT2D eigenvalue weighted by atomic mass is 10.1. The predicted octanol–water partition coefficient (Wildman–Crippen LogP) is 2.14. The Hall–Kier alpha value is -1.55. The summed E-state index contributed by atoms with van der Waals surface area (Å²) < 4.78 is 0. The van der Waals surface area contributed by atoms with E-state index in [1.165, 1.54) is 0 Å². The van der Waals surface area contributed by atoms with Gasteiger partial charge < -0.3 is 20.4 Å². The number of guanidine groups is 1. The molecule has 29 heavy (non-hydrogen) atoms. The zero-order valence-corrected chi connectivity index (χ0v) is 20.2. The zero-order chi connectivity index (χ0) is 20.4. The molecular weight excluding hydrogens is 505 g/mol. The van der Waals surface area contributed by atoms with E-state index in [0.29, 0.717) is 57.1 Å². The molecular formula is C20H31ClIN5O2. The van der Waals surface area contributed by atoms with E-state index in [9.17, 15) is 9.59 Å². The molecule has 1 saturated heterocycles. The molecule has 1 aliphatic heterocycles. The number of nitrogens with one attached hydrogen (secondary N) is 2. The molecule has 0 aromatic heterocycles. The Kier molecular flexibility index (Phi) is 12.0. The fraction of sp³-hybridized carbons (Fsp3) is 0.550. The Balaban J connectivity index is 0.00000420. The summed E-state index contributed by atoms with van der Waals surface area (Å²) in [7, 11) is 1.73. The summed E-state index contributed by atoms with van der Waals surface area (Å²) in [5.74, 6) is 0.920. The van der Waals surface area contributed by atoms with Crippen molar-refractivity contribution in [1.82, 2.24) is 20.4 Å². The third-order valence-corrected chi connectivity index (χ3v) is 4.83. The minimum atomic E-state index is 0. The van der Waals surface area contributed by atoms with Crippen LogP contribution in [0.3, 0.4) is 0 Å². The third-order valence-electron chi connectivity index (χ3n) is 4.60. The van der Waals surface area contributed by atoms with Gasteiger partial charge in [-0.2, -0.15) is 0 Å². The number of halogens is 2. The first-order chi connectivity index (χ1) is 13.5. The molecule has 0 radical (unpaired) electrons. The quantitative estimate of drug-likeness (QED) is 0.319. The van der Waals surface area contributed by atoms with Crippen LogP contribution in [0.4, 0.5) is 0 Å². The zero-order valence-electron chi connectivity index (χ0n) is 17.1. The topological polar surface area (TPSA) is 77.0 Å². The molecule has 2 rings (SSSR count). The van der Waals surface area contributed by atoms with Gasteiger partial charge in [0.1, 0.15) is 0 Å². The van der Waals surface area contributed by atoms with Crippen LogP contribution in [0.1, 0.15) is 25.3 Å². The first-order valence-corrected chi connectivity index (χ1v) is 10.2. The van der Waals surface area contributed by atoms with E-state index in [-0.39, 0.29) is 35.8 Å². The number of hydrogen-bond donors (Lipinski definition) is 2. The second-order valence-electron chi connectivity index (χ2n) is 6.75. The molecule has 0 atom stereocenters. The van der Waals surface area contributed by atoms with Crippen LogP contribution in [0.2, 0.25) is 5.02 Å². The van der Waals surface area contributed by atoms with Gasteiger partial charge in [-0.25, -0.2) is 0 Å². The number of nitrogens with zero attached hydrogens (tertiary/aromatic N) is 3. The van der Waals surface area contributed by atoms with Crippen molar-refractivity contribution in [2.45, 2.75) is 26.2 Å². The van der Waals surface area contributed by atoms with Crippen LogP contribution in [0.25, 0.3) is 0 Å². The Bertz CT molecular complexity index is 693. The number of aliphatic imine (C=N–C) groups is 1. The van der Waals surface area contributed by atoms with Crippen molar-refractivity contribution in [3.63, 3.8) is 0 Å². The number of piperazine rings is 1. The van der Waals surface area contributed by atoms with E-state index in [1.807, 2.05) is 30.0 Å². The van der Waals surface area contributed by atoms with E-state index in [4.69, 9.17) is 11.6 Å². The molecule has 1 fully saturated rings. The van der Waals surface area contributed by atoms with Crippen LogP contribution in [0.5, 0.6) is 0 Å². The first-order valence-electron chi connectivity index (χ1n) is 9.78. The van der Waals surface area contributed by atoms with E-state index in [1.54, 1.807) is 13.1 Å². The molecule has 0 spiro atoms. The van der Waals surface area contributed by atoms with Crippen LogP contribution in [0.15, 0.2) is 29.3 Å². The molecule has 0 unspecified atom stereocenters. The number of rotatable bonds is 7. The number of carbonyl (C=O) groups excluding carboxylic acids is 2. The molecule has 0 saturated carbocycles. The van der Waals surface area contributed by atoms with E-state index in [2.05, 4.69) is 20.5 Å². The van der Waals surface area contributed by atoms with Crippen molar-refractivity contribution in [3.8, 4) is 0 Å². The summed E-state index contributed by atoms with van der Waals surface area (Å²) in [4.78, 5) is 32.5. The summed E-state index contributed by atoms with van der Waals surface area (Å²) in [5.41, 5.74) is 0.929. The van der Waals surface area contributed by atoms with E-state index in [0.717, 1.165) is 17.9 Å². The molecule has 1 heterocycles. The molecule has 1 aliphatic rings. The fourth-order valence-corrected chi connectivity index (χ4v) is 3.29. The molecule has 9 heteroatoms. The highest BCUT2D eigenvalue weighted by atomic mass is 127. The average Bonchev–Trinajstić information content (AvgIpc) is 2.70. The maximum Gasteiger partial charge on any atom is 0.227 e. The standard InChI is InChI=1S/C20H30ClN5O2.HI/c1-3-8-23-18(27)7-9-24-20(22-2)26-12-10-25(11-13-26)19(28)15-16-5-4-6-17(21)14-16;/h4-6,14H,3,7-13,15H2,1-2H3,(H,22,24)(H,23,27);1H. The smallest absolute Gasteiger partial charge is 0.227 e. The third kappa shape index (κ3) is 8.77. The largest absolute Gasteiger partial charge is 0.356 e. The van der Waals surface area contributed by atoms with Crippen molar-refractivity contribution in [1.29, 1.82) is 0 Å². The van der Waals surface area contributed by atoms with Gasteiger partial charge in [-0.1, -0.05) is 30.7 Å². The fourth-order valence-electron chi connectivity index (χ4n) is 3.07. The lowest BCUT2D eigenvalue weighted by Gasteiger charge is -2.36. The van der Waals surface area contributed by atoms with Gasteiger partial charge in [0.25, 0.3) is 0 Å². The van der Waals surface area contributed by atoms with Gasteiger partial charge in [-0.3, -0.25) is 14.6 Å². The normalized spacial score (nSPS) is 14.2. The maximum atomic E-state index is 12.5. The second-order valence-corrected chi connectivity index (χ2v) is 7.18.